The van der Waals surface area contributed by atoms with Crippen LogP contribution in [0.1, 0.15) is 13.3 Å². The predicted molar refractivity (Wildman–Crippen MR) is 78.1 cm³/mol. The molecule has 0 spiro atoms. The molecule has 1 aromatic rings. The van der Waals surface area contributed by atoms with Gasteiger partial charge in [0.15, 0.2) is 0 Å². The average molecular weight is 326 g/mol. The minimum Gasteiger partial charge on any atom is -0.372 e. The summed E-state index contributed by atoms with van der Waals surface area (Å²) in [4.78, 5) is 24.8. The van der Waals surface area contributed by atoms with E-state index in [1.165, 1.54) is 6.92 Å². The molecule has 1 fully saturated rings. The van der Waals surface area contributed by atoms with Crippen LogP contribution in [0.3, 0.4) is 0 Å². The SMILES string of the molecule is CC(=O)Nc1ccc(Br)cc1NC1CCN(C)C1=O. The molecule has 1 unspecified atom stereocenters. The topological polar surface area (TPSA) is 61.4 Å². The monoisotopic (exact) mass is 325 g/mol. The molecule has 1 aliphatic heterocycles. The van der Waals surface area contributed by atoms with E-state index in [1.54, 1.807) is 18.0 Å². The van der Waals surface area contributed by atoms with Crippen LogP contribution in [0.4, 0.5) is 11.4 Å². The van der Waals surface area contributed by atoms with E-state index in [-0.39, 0.29) is 17.9 Å². The summed E-state index contributed by atoms with van der Waals surface area (Å²) < 4.78 is 0.892. The van der Waals surface area contributed by atoms with Gasteiger partial charge in [-0.05, 0) is 24.6 Å². The van der Waals surface area contributed by atoms with Crippen LogP contribution in [-0.4, -0.2) is 36.3 Å². The number of anilines is 2. The molecule has 1 saturated heterocycles. The highest BCUT2D eigenvalue weighted by atomic mass is 79.9. The number of carbonyl (C=O) groups is 2. The zero-order valence-corrected chi connectivity index (χ0v) is 12.5. The van der Waals surface area contributed by atoms with Crippen molar-refractivity contribution in [2.24, 2.45) is 0 Å². The Bertz CT molecular complexity index is 519. The van der Waals surface area contributed by atoms with E-state index in [9.17, 15) is 9.59 Å². The van der Waals surface area contributed by atoms with Crippen LogP contribution >= 0.6 is 15.9 Å². The largest absolute Gasteiger partial charge is 0.372 e. The van der Waals surface area contributed by atoms with Crippen molar-refractivity contribution in [3.8, 4) is 0 Å². The van der Waals surface area contributed by atoms with E-state index < -0.39 is 0 Å². The van der Waals surface area contributed by atoms with Crippen LogP contribution in [0.2, 0.25) is 0 Å². The van der Waals surface area contributed by atoms with Gasteiger partial charge in [0.05, 0.1) is 11.4 Å². The van der Waals surface area contributed by atoms with Crippen LogP contribution in [0.15, 0.2) is 22.7 Å². The second-order valence-electron chi connectivity index (χ2n) is 4.62. The summed E-state index contributed by atoms with van der Waals surface area (Å²) in [6.07, 6.45) is 0.765. The summed E-state index contributed by atoms with van der Waals surface area (Å²) in [5, 5.41) is 5.95. The van der Waals surface area contributed by atoms with Gasteiger partial charge in [-0.3, -0.25) is 9.59 Å². The van der Waals surface area contributed by atoms with Crippen molar-refractivity contribution >= 4 is 39.1 Å². The van der Waals surface area contributed by atoms with Crippen molar-refractivity contribution < 1.29 is 9.59 Å². The molecule has 0 aromatic heterocycles. The van der Waals surface area contributed by atoms with E-state index in [0.717, 1.165) is 23.1 Å². The number of likely N-dealkylation sites (tertiary alicyclic amines) is 1. The molecule has 2 rings (SSSR count). The molecule has 1 atom stereocenters. The molecule has 2 N–H and O–H groups in total. The van der Waals surface area contributed by atoms with Gasteiger partial charge in [0.1, 0.15) is 6.04 Å². The van der Waals surface area contributed by atoms with Crippen LogP contribution < -0.4 is 10.6 Å². The Balaban J connectivity index is 2.21. The number of carbonyl (C=O) groups excluding carboxylic acids is 2. The number of amides is 2. The Morgan fingerprint density at radius 2 is 2.16 bits per heavy atom. The zero-order chi connectivity index (χ0) is 14.0. The van der Waals surface area contributed by atoms with Gasteiger partial charge in [-0.15, -0.1) is 0 Å². The first-order valence-electron chi connectivity index (χ1n) is 6.06. The molecule has 102 valence electrons. The Kier molecular flexibility index (Phi) is 4.09. The van der Waals surface area contributed by atoms with Crippen LogP contribution in [-0.2, 0) is 9.59 Å². The maximum atomic E-state index is 11.9. The molecular weight excluding hydrogens is 310 g/mol. The normalized spacial score (nSPS) is 18.6. The van der Waals surface area contributed by atoms with Gasteiger partial charge in [0.2, 0.25) is 11.8 Å². The molecule has 0 radical (unpaired) electrons. The number of halogens is 1. The fraction of sp³-hybridized carbons (Fsp3) is 0.385. The lowest BCUT2D eigenvalue weighted by molar-refractivity contribution is -0.127. The van der Waals surface area contributed by atoms with Crippen molar-refractivity contribution in [1.82, 2.24) is 4.90 Å². The summed E-state index contributed by atoms with van der Waals surface area (Å²) in [7, 11) is 1.79. The summed E-state index contributed by atoms with van der Waals surface area (Å²) in [6.45, 7) is 2.21. The first kappa shape index (κ1) is 13.9. The van der Waals surface area contributed by atoms with Gasteiger partial charge in [0, 0.05) is 25.0 Å². The second-order valence-corrected chi connectivity index (χ2v) is 5.53. The molecule has 19 heavy (non-hydrogen) atoms. The molecule has 0 saturated carbocycles. The minimum absolute atomic E-state index is 0.0775. The molecule has 0 bridgehead atoms. The lowest BCUT2D eigenvalue weighted by Crippen LogP contribution is -2.31. The summed E-state index contributed by atoms with van der Waals surface area (Å²) in [6, 6.07) is 5.28. The molecular formula is C13H16BrN3O2. The first-order chi connectivity index (χ1) is 8.97. The van der Waals surface area contributed by atoms with Gasteiger partial charge in [0.25, 0.3) is 0 Å². The summed E-state index contributed by atoms with van der Waals surface area (Å²) in [5.74, 6) is -0.0611. The van der Waals surface area contributed by atoms with Gasteiger partial charge < -0.3 is 15.5 Å². The first-order valence-corrected chi connectivity index (χ1v) is 6.85. The maximum absolute atomic E-state index is 11.9. The third-order valence-corrected chi connectivity index (χ3v) is 3.54. The second kappa shape index (κ2) is 5.61. The molecule has 0 aliphatic carbocycles. The van der Waals surface area contributed by atoms with E-state index in [4.69, 9.17) is 0 Å². The number of benzene rings is 1. The smallest absolute Gasteiger partial charge is 0.244 e. The van der Waals surface area contributed by atoms with Crippen molar-refractivity contribution in [3.05, 3.63) is 22.7 Å². The van der Waals surface area contributed by atoms with Crippen molar-refractivity contribution in [3.63, 3.8) is 0 Å². The highest BCUT2D eigenvalue weighted by Crippen LogP contribution is 2.28. The van der Waals surface area contributed by atoms with Crippen LogP contribution in [0, 0.1) is 0 Å². The quantitative estimate of drug-likeness (QED) is 0.894. The Morgan fingerprint density at radius 1 is 1.42 bits per heavy atom. The number of hydrogen-bond donors (Lipinski definition) is 2. The van der Waals surface area contributed by atoms with Crippen LogP contribution in [0.5, 0.6) is 0 Å². The molecule has 1 aromatic carbocycles. The standard InChI is InChI=1S/C13H16BrN3O2/c1-8(18)15-10-4-3-9(14)7-12(10)16-11-5-6-17(2)13(11)19/h3-4,7,11,16H,5-6H2,1-2H3,(H,15,18). The van der Waals surface area contributed by atoms with E-state index in [2.05, 4.69) is 26.6 Å². The third-order valence-electron chi connectivity index (χ3n) is 3.05. The van der Waals surface area contributed by atoms with Crippen molar-refractivity contribution in [2.75, 3.05) is 24.2 Å². The average Bonchev–Trinajstić information content (AvgIpc) is 2.64. The minimum atomic E-state index is -0.230. The number of rotatable bonds is 3. The Hall–Kier alpha value is -1.56. The number of likely N-dealkylation sites (N-methyl/N-ethyl adjacent to an activating group) is 1. The number of nitrogens with zero attached hydrogens (tertiary/aromatic N) is 1. The summed E-state index contributed by atoms with van der Waals surface area (Å²) in [5.41, 5.74) is 1.43. The predicted octanol–water partition coefficient (Wildman–Crippen LogP) is 2.05. The van der Waals surface area contributed by atoms with Gasteiger partial charge in [-0.2, -0.15) is 0 Å². The van der Waals surface area contributed by atoms with E-state index in [1.807, 2.05) is 12.1 Å². The van der Waals surface area contributed by atoms with E-state index in [0.29, 0.717) is 5.69 Å². The van der Waals surface area contributed by atoms with Crippen molar-refractivity contribution in [2.45, 2.75) is 19.4 Å². The Morgan fingerprint density at radius 3 is 2.74 bits per heavy atom. The molecule has 1 heterocycles. The fourth-order valence-electron chi connectivity index (χ4n) is 2.08. The van der Waals surface area contributed by atoms with Crippen LogP contribution in [0.25, 0.3) is 0 Å². The Labute approximate surface area is 120 Å². The molecule has 2 amide bonds. The zero-order valence-electron chi connectivity index (χ0n) is 10.9. The number of hydrogen-bond acceptors (Lipinski definition) is 3. The highest BCUT2D eigenvalue weighted by Gasteiger charge is 2.29. The lowest BCUT2D eigenvalue weighted by Gasteiger charge is -2.17. The fourth-order valence-corrected chi connectivity index (χ4v) is 2.44. The summed E-state index contributed by atoms with van der Waals surface area (Å²) >= 11 is 3.39. The van der Waals surface area contributed by atoms with Crippen molar-refractivity contribution in [1.29, 1.82) is 0 Å². The number of nitrogens with one attached hydrogen (secondary N) is 2. The van der Waals surface area contributed by atoms with Gasteiger partial charge in [-0.25, -0.2) is 0 Å². The molecule has 1 aliphatic rings. The van der Waals surface area contributed by atoms with E-state index >= 15 is 0 Å². The van der Waals surface area contributed by atoms with Gasteiger partial charge >= 0.3 is 0 Å². The lowest BCUT2D eigenvalue weighted by atomic mass is 10.2. The molecule has 6 heteroatoms. The maximum Gasteiger partial charge on any atom is 0.244 e. The van der Waals surface area contributed by atoms with Gasteiger partial charge in [-0.1, -0.05) is 15.9 Å². The molecule has 5 nitrogen and oxygen atoms in total. The highest BCUT2D eigenvalue weighted by molar-refractivity contribution is 9.10. The third kappa shape index (κ3) is 3.26.